The number of phenols is 1. The molecule has 0 fully saturated rings. The van der Waals surface area contributed by atoms with Crippen molar-refractivity contribution in [1.29, 1.82) is 0 Å². The van der Waals surface area contributed by atoms with E-state index in [0.29, 0.717) is 38.6 Å². The van der Waals surface area contributed by atoms with Crippen molar-refractivity contribution in [2.75, 3.05) is 46.2 Å². The van der Waals surface area contributed by atoms with Gasteiger partial charge in [0.25, 0.3) is 5.91 Å². The number of alkyl carbamates (subject to hydrolysis) is 1. The van der Waals surface area contributed by atoms with Crippen molar-refractivity contribution in [1.82, 2.24) is 10.8 Å². The molecule has 3 N–H and O–H groups in total. The highest BCUT2D eigenvalue weighted by atomic mass is 16.7. The number of hydrogen-bond acceptors (Lipinski definition) is 8. The predicted octanol–water partition coefficient (Wildman–Crippen LogP) is 2.15. The van der Waals surface area contributed by atoms with Crippen LogP contribution in [0.1, 0.15) is 43.6 Å². The Balaban J connectivity index is 2.21. The van der Waals surface area contributed by atoms with Crippen molar-refractivity contribution in [3.8, 4) is 5.75 Å². The smallest absolute Gasteiger partial charge is 0.407 e. The van der Waals surface area contributed by atoms with Gasteiger partial charge in [0.1, 0.15) is 12.4 Å². The summed E-state index contributed by atoms with van der Waals surface area (Å²) in [4.78, 5) is 29.0. The molecule has 0 unspecified atom stereocenters. The number of ether oxygens (including phenoxy) is 4. The molecule has 10 heteroatoms. The van der Waals surface area contributed by atoms with E-state index in [1.165, 1.54) is 12.1 Å². The Hall–Kier alpha value is -2.40. The van der Waals surface area contributed by atoms with Crippen LogP contribution >= 0.6 is 0 Å². The van der Waals surface area contributed by atoms with Gasteiger partial charge in [-0.15, -0.1) is 0 Å². The van der Waals surface area contributed by atoms with Crippen molar-refractivity contribution in [3.63, 3.8) is 0 Å². The lowest BCUT2D eigenvalue weighted by Crippen LogP contribution is -2.33. The summed E-state index contributed by atoms with van der Waals surface area (Å²) in [6, 6.07) is 4.45. The number of benzene rings is 1. The van der Waals surface area contributed by atoms with E-state index in [-0.39, 0.29) is 31.1 Å². The Bertz CT molecular complexity index is 676. The van der Waals surface area contributed by atoms with E-state index in [0.717, 1.165) is 0 Å². The van der Waals surface area contributed by atoms with Gasteiger partial charge in [-0.25, -0.2) is 10.3 Å². The van der Waals surface area contributed by atoms with Crippen LogP contribution in [0.2, 0.25) is 0 Å². The Kier molecular flexibility index (Phi) is 12.5. The zero-order valence-electron chi connectivity index (χ0n) is 18.7. The summed E-state index contributed by atoms with van der Waals surface area (Å²) >= 11 is 0. The molecule has 0 heterocycles. The number of aromatic hydroxyl groups is 1. The molecule has 1 aromatic carbocycles. The van der Waals surface area contributed by atoms with Gasteiger partial charge in [0.2, 0.25) is 0 Å². The number of carbonyl (C=O) groups excluding carboxylic acids is 2. The SMILES string of the molecule is CCOCCOCCOCCOC(=O)NCc1ccc(C(=O)NOC(C)(C)C)c(O)c1. The quantitative estimate of drug-likeness (QED) is 0.296. The van der Waals surface area contributed by atoms with Crippen LogP contribution in [0.15, 0.2) is 18.2 Å². The van der Waals surface area contributed by atoms with E-state index < -0.39 is 17.6 Å². The van der Waals surface area contributed by atoms with Crippen LogP contribution < -0.4 is 10.8 Å². The van der Waals surface area contributed by atoms with Gasteiger partial charge in [0, 0.05) is 13.2 Å². The van der Waals surface area contributed by atoms with Crippen LogP contribution in [0, 0.1) is 0 Å². The Morgan fingerprint density at radius 2 is 1.58 bits per heavy atom. The molecule has 0 aliphatic carbocycles. The van der Waals surface area contributed by atoms with E-state index in [1.54, 1.807) is 26.8 Å². The number of nitrogens with one attached hydrogen (secondary N) is 2. The summed E-state index contributed by atoms with van der Waals surface area (Å²) in [5.41, 5.74) is 2.40. The fourth-order valence-corrected chi connectivity index (χ4v) is 2.14. The topological polar surface area (TPSA) is 125 Å². The van der Waals surface area contributed by atoms with Crippen LogP contribution in [-0.4, -0.2) is 69.0 Å². The number of amides is 2. The first kappa shape index (κ1) is 26.6. The molecule has 1 rings (SSSR count). The van der Waals surface area contributed by atoms with Gasteiger partial charge in [0.15, 0.2) is 0 Å². The van der Waals surface area contributed by atoms with Gasteiger partial charge in [-0.2, -0.15) is 0 Å². The van der Waals surface area contributed by atoms with E-state index in [1.807, 2.05) is 6.92 Å². The monoisotopic (exact) mass is 442 g/mol. The fourth-order valence-electron chi connectivity index (χ4n) is 2.14. The predicted molar refractivity (Wildman–Crippen MR) is 113 cm³/mol. The molecule has 0 saturated carbocycles. The van der Waals surface area contributed by atoms with Gasteiger partial charge in [-0.3, -0.25) is 9.63 Å². The van der Waals surface area contributed by atoms with Crippen molar-refractivity contribution < 1.29 is 38.5 Å². The minimum atomic E-state index is -0.614. The molecular weight excluding hydrogens is 408 g/mol. The number of rotatable bonds is 14. The lowest BCUT2D eigenvalue weighted by molar-refractivity contribution is -0.0590. The minimum Gasteiger partial charge on any atom is -0.507 e. The molecule has 0 aliphatic rings. The number of hydroxylamine groups is 1. The molecule has 0 atom stereocenters. The zero-order valence-corrected chi connectivity index (χ0v) is 18.7. The van der Waals surface area contributed by atoms with E-state index >= 15 is 0 Å². The van der Waals surface area contributed by atoms with Gasteiger partial charge < -0.3 is 29.4 Å². The molecule has 0 aliphatic heterocycles. The molecule has 2 amide bonds. The summed E-state index contributed by atoms with van der Waals surface area (Å²) in [5.74, 6) is -0.786. The third-order valence-electron chi connectivity index (χ3n) is 3.60. The maximum atomic E-state index is 12.1. The summed E-state index contributed by atoms with van der Waals surface area (Å²) in [6.45, 7) is 10.3. The van der Waals surface area contributed by atoms with Crippen molar-refractivity contribution in [3.05, 3.63) is 29.3 Å². The van der Waals surface area contributed by atoms with Crippen LogP contribution in [0.3, 0.4) is 0 Å². The molecule has 0 aromatic heterocycles. The average molecular weight is 443 g/mol. The molecule has 1 aromatic rings. The van der Waals surface area contributed by atoms with Crippen molar-refractivity contribution >= 4 is 12.0 Å². The lowest BCUT2D eigenvalue weighted by Gasteiger charge is -2.19. The number of hydrogen-bond donors (Lipinski definition) is 3. The maximum Gasteiger partial charge on any atom is 0.407 e. The third-order valence-corrected chi connectivity index (χ3v) is 3.60. The van der Waals surface area contributed by atoms with Crippen molar-refractivity contribution in [2.45, 2.75) is 39.8 Å². The van der Waals surface area contributed by atoms with Crippen LogP contribution in [-0.2, 0) is 30.3 Å². The molecule has 176 valence electrons. The Morgan fingerprint density at radius 1 is 0.968 bits per heavy atom. The summed E-state index contributed by atoms with van der Waals surface area (Å²) in [7, 11) is 0. The fraction of sp³-hybridized carbons (Fsp3) is 0.619. The largest absolute Gasteiger partial charge is 0.507 e. The highest BCUT2D eigenvalue weighted by molar-refractivity contribution is 5.96. The van der Waals surface area contributed by atoms with Gasteiger partial charge >= 0.3 is 6.09 Å². The van der Waals surface area contributed by atoms with Crippen LogP contribution in [0.4, 0.5) is 4.79 Å². The molecule has 0 radical (unpaired) electrons. The molecule has 31 heavy (non-hydrogen) atoms. The highest BCUT2D eigenvalue weighted by Crippen LogP contribution is 2.19. The summed E-state index contributed by atoms with van der Waals surface area (Å²) in [6.07, 6.45) is -0.614. The first-order valence-corrected chi connectivity index (χ1v) is 10.2. The minimum absolute atomic E-state index is 0.0644. The normalized spacial score (nSPS) is 11.2. The number of carbonyl (C=O) groups is 2. The van der Waals surface area contributed by atoms with E-state index in [2.05, 4.69) is 10.8 Å². The second-order valence-corrected chi connectivity index (χ2v) is 7.41. The zero-order chi connectivity index (χ0) is 23.1. The van der Waals surface area contributed by atoms with Crippen molar-refractivity contribution in [2.24, 2.45) is 0 Å². The molecule has 10 nitrogen and oxygen atoms in total. The van der Waals surface area contributed by atoms with Gasteiger partial charge in [-0.1, -0.05) is 6.07 Å². The average Bonchev–Trinajstić information content (AvgIpc) is 2.71. The second-order valence-electron chi connectivity index (χ2n) is 7.41. The lowest BCUT2D eigenvalue weighted by atomic mass is 10.1. The Labute approximate surface area is 183 Å². The van der Waals surface area contributed by atoms with Crippen LogP contribution in [0.5, 0.6) is 5.75 Å². The Morgan fingerprint density at radius 3 is 2.16 bits per heavy atom. The van der Waals surface area contributed by atoms with E-state index in [9.17, 15) is 14.7 Å². The molecule has 0 bridgehead atoms. The van der Waals surface area contributed by atoms with Gasteiger partial charge in [-0.05, 0) is 45.4 Å². The molecular formula is C21H34N2O8. The standard InChI is InChI=1S/C21H34N2O8/c1-5-27-8-9-28-10-11-29-12-13-30-20(26)22-15-16-6-7-17(18(24)14-16)19(25)23-31-21(2,3)4/h6-7,14,24H,5,8-13,15H2,1-4H3,(H,22,26)(H,23,25). The maximum absolute atomic E-state index is 12.1. The van der Waals surface area contributed by atoms with E-state index in [4.69, 9.17) is 23.8 Å². The molecule has 0 saturated heterocycles. The third kappa shape index (κ3) is 12.8. The molecule has 0 spiro atoms. The summed E-state index contributed by atoms with van der Waals surface area (Å²) < 4.78 is 20.7. The highest BCUT2D eigenvalue weighted by Gasteiger charge is 2.16. The first-order chi connectivity index (χ1) is 14.7. The van der Waals surface area contributed by atoms with Crippen LogP contribution in [0.25, 0.3) is 0 Å². The first-order valence-electron chi connectivity index (χ1n) is 10.2. The number of phenolic OH excluding ortho intramolecular Hbond substituents is 1. The van der Waals surface area contributed by atoms with Gasteiger partial charge in [0.05, 0.1) is 44.2 Å². The summed E-state index contributed by atoms with van der Waals surface area (Å²) in [5, 5.41) is 12.6. The second kappa shape index (κ2) is 14.6.